The van der Waals surface area contributed by atoms with E-state index in [0.29, 0.717) is 18.8 Å². The summed E-state index contributed by atoms with van der Waals surface area (Å²) in [5, 5.41) is 2.73. The molecule has 1 aromatic carbocycles. The van der Waals surface area contributed by atoms with E-state index in [9.17, 15) is 4.79 Å². The van der Waals surface area contributed by atoms with E-state index in [1.54, 1.807) is 12.3 Å². The van der Waals surface area contributed by atoms with Crippen molar-refractivity contribution < 1.29 is 9.53 Å². The predicted molar refractivity (Wildman–Crippen MR) is 78.9 cm³/mol. The van der Waals surface area contributed by atoms with Crippen molar-refractivity contribution in [2.24, 2.45) is 0 Å². The fraction of sp³-hybridized carbons (Fsp3) is 0.250. The maximum atomic E-state index is 11.7. The lowest BCUT2D eigenvalue weighted by atomic mass is 10.2. The molecule has 0 bridgehead atoms. The molecule has 104 valence electrons. The Kier molecular flexibility index (Phi) is 4.71. The Morgan fingerprint density at radius 2 is 1.80 bits per heavy atom. The van der Waals surface area contributed by atoms with Crippen LogP contribution < -0.4 is 10.1 Å². The van der Waals surface area contributed by atoms with Crippen LogP contribution in [0.1, 0.15) is 17.5 Å². The zero-order chi connectivity index (χ0) is 14.4. The van der Waals surface area contributed by atoms with E-state index in [0.717, 1.165) is 11.3 Å². The van der Waals surface area contributed by atoms with E-state index in [4.69, 9.17) is 4.74 Å². The van der Waals surface area contributed by atoms with Crippen LogP contribution >= 0.6 is 0 Å². The third-order valence-corrected chi connectivity index (χ3v) is 2.80. The summed E-state index contributed by atoms with van der Waals surface area (Å²) in [5.41, 5.74) is 2.24. The number of benzene rings is 1. The van der Waals surface area contributed by atoms with E-state index in [1.165, 1.54) is 5.56 Å². The number of anilines is 1. The number of hydrogen-bond acceptors (Lipinski definition) is 3. The summed E-state index contributed by atoms with van der Waals surface area (Å²) in [7, 11) is 0. The largest absolute Gasteiger partial charge is 0.493 e. The van der Waals surface area contributed by atoms with Crippen molar-refractivity contribution in [3.8, 4) is 5.75 Å². The Bertz CT molecular complexity index is 562. The van der Waals surface area contributed by atoms with E-state index in [2.05, 4.69) is 10.3 Å². The van der Waals surface area contributed by atoms with Crippen LogP contribution in [-0.2, 0) is 4.79 Å². The van der Waals surface area contributed by atoms with Gasteiger partial charge in [0.2, 0.25) is 5.91 Å². The zero-order valence-electron chi connectivity index (χ0n) is 11.7. The molecule has 2 rings (SSSR count). The lowest BCUT2D eigenvalue weighted by Crippen LogP contribution is -2.15. The third kappa shape index (κ3) is 4.39. The maximum Gasteiger partial charge on any atom is 0.228 e. The SMILES string of the molecule is Cc1ccc(OCCC(=O)Nc2ccc(C)cn2)cc1. The molecule has 1 heterocycles. The highest BCUT2D eigenvalue weighted by atomic mass is 16.5. The summed E-state index contributed by atoms with van der Waals surface area (Å²) in [6.07, 6.45) is 2.02. The number of amides is 1. The van der Waals surface area contributed by atoms with Crippen LogP contribution in [0.5, 0.6) is 5.75 Å². The molecule has 1 N–H and O–H groups in total. The monoisotopic (exact) mass is 270 g/mol. The van der Waals surface area contributed by atoms with E-state index in [-0.39, 0.29) is 5.91 Å². The van der Waals surface area contributed by atoms with Crippen molar-refractivity contribution in [3.05, 3.63) is 53.7 Å². The number of ether oxygens (including phenoxy) is 1. The minimum Gasteiger partial charge on any atom is -0.493 e. The third-order valence-electron chi connectivity index (χ3n) is 2.80. The second-order valence-corrected chi connectivity index (χ2v) is 4.68. The molecular formula is C16H18N2O2. The molecule has 0 saturated carbocycles. The van der Waals surface area contributed by atoms with Gasteiger partial charge in [0.25, 0.3) is 0 Å². The fourth-order valence-electron chi connectivity index (χ4n) is 1.64. The van der Waals surface area contributed by atoms with Gasteiger partial charge in [-0.25, -0.2) is 4.98 Å². The second-order valence-electron chi connectivity index (χ2n) is 4.68. The number of nitrogens with one attached hydrogen (secondary N) is 1. The van der Waals surface area contributed by atoms with Crippen LogP contribution in [0.25, 0.3) is 0 Å². The summed E-state index contributed by atoms with van der Waals surface area (Å²) in [5.74, 6) is 1.24. The number of carbonyl (C=O) groups excluding carboxylic acids is 1. The summed E-state index contributed by atoms with van der Waals surface area (Å²) in [4.78, 5) is 15.8. The van der Waals surface area contributed by atoms with E-state index < -0.39 is 0 Å². The van der Waals surface area contributed by atoms with Crippen molar-refractivity contribution in [1.29, 1.82) is 0 Å². The van der Waals surface area contributed by atoms with Crippen LogP contribution in [0.15, 0.2) is 42.6 Å². The van der Waals surface area contributed by atoms with Crippen LogP contribution in [-0.4, -0.2) is 17.5 Å². The number of nitrogens with zero attached hydrogens (tertiary/aromatic N) is 1. The van der Waals surface area contributed by atoms with Gasteiger partial charge in [-0.15, -0.1) is 0 Å². The van der Waals surface area contributed by atoms with Gasteiger partial charge in [0.15, 0.2) is 0 Å². The van der Waals surface area contributed by atoms with E-state index in [1.807, 2.05) is 44.2 Å². The molecule has 4 nitrogen and oxygen atoms in total. The minimum absolute atomic E-state index is 0.103. The Labute approximate surface area is 118 Å². The quantitative estimate of drug-likeness (QED) is 0.908. The zero-order valence-corrected chi connectivity index (χ0v) is 11.7. The number of aromatic nitrogens is 1. The highest BCUT2D eigenvalue weighted by Gasteiger charge is 2.03. The summed E-state index contributed by atoms with van der Waals surface area (Å²) in [6, 6.07) is 11.4. The van der Waals surface area contributed by atoms with Crippen LogP contribution in [0.2, 0.25) is 0 Å². The molecule has 0 aliphatic heterocycles. The van der Waals surface area contributed by atoms with Gasteiger partial charge < -0.3 is 10.1 Å². The van der Waals surface area contributed by atoms with Gasteiger partial charge in [0, 0.05) is 6.20 Å². The molecule has 0 aliphatic rings. The average molecular weight is 270 g/mol. The molecule has 0 fully saturated rings. The van der Waals surface area contributed by atoms with Gasteiger partial charge >= 0.3 is 0 Å². The molecule has 1 amide bonds. The number of rotatable bonds is 5. The highest BCUT2D eigenvalue weighted by Crippen LogP contribution is 2.11. The Morgan fingerprint density at radius 3 is 2.45 bits per heavy atom. The van der Waals surface area contributed by atoms with Gasteiger partial charge in [-0.2, -0.15) is 0 Å². The molecule has 0 saturated heterocycles. The standard InChI is InChI=1S/C16H18N2O2/c1-12-3-6-14(7-4-12)20-10-9-16(19)18-15-8-5-13(2)11-17-15/h3-8,11H,9-10H2,1-2H3,(H,17,18,19). The molecule has 0 unspecified atom stereocenters. The molecule has 20 heavy (non-hydrogen) atoms. The summed E-state index contributed by atoms with van der Waals surface area (Å²) < 4.78 is 5.51. The van der Waals surface area contributed by atoms with Gasteiger partial charge in [-0.1, -0.05) is 23.8 Å². The van der Waals surface area contributed by atoms with Crippen molar-refractivity contribution in [2.75, 3.05) is 11.9 Å². The van der Waals surface area contributed by atoms with Crippen molar-refractivity contribution in [1.82, 2.24) is 4.98 Å². The average Bonchev–Trinajstić information content (AvgIpc) is 2.44. The minimum atomic E-state index is -0.103. The molecule has 2 aromatic rings. The van der Waals surface area contributed by atoms with Gasteiger partial charge in [-0.05, 0) is 37.6 Å². The molecule has 0 radical (unpaired) electrons. The van der Waals surface area contributed by atoms with Crippen molar-refractivity contribution in [3.63, 3.8) is 0 Å². The van der Waals surface area contributed by atoms with Crippen LogP contribution in [0.3, 0.4) is 0 Å². The Balaban J connectivity index is 1.75. The first-order valence-electron chi connectivity index (χ1n) is 6.55. The summed E-state index contributed by atoms with van der Waals surface area (Å²) in [6.45, 7) is 4.32. The Morgan fingerprint density at radius 1 is 1.10 bits per heavy atom. The summed E-state index contributed by atoms with van der Waals surface area (Å²) >= 11 is 0. The molecule has 1 aromatic heterocycles. The van der Waals surface area contributed by atoms with Crippen molar-refractivity contribution in [2.45, 2.75) is 20.3 Å². The van der Waals surface area contributed by atoms with Crippen molar-refractivity contribution >= 4 is 11.7 Å². The maximum absolute atomic E-state index is 11.7. The smallest absolute Gasteiger partial charge is 0.228 e. The van der Waals surface area contributed by atoms with Gasteiger partial charge in [0.05, 0.1) is 13.0 Å². The molecule has 0 spiro atoms. The van der Waals surface area contributed by atoms with Crippen LogP contribution in [0, 0.1) is 13.8 Å². The van der Waals surface area contributed by atoms with Crippen LogP contribution in [0.4, 0.5) is 5.82 Å². The van der Waals surface area contributed by atoms with Gasteiger partial charge in [-0.3, -0.25) is 4.79 Å². The molecule has 0 aliphatic carbocycles. The lowest BCUT2D eigenvalue weighted by Gasteiger charge is -2.07. The molecule has 0 atom stereocenters. The first-order valence-corrected chi connectivity index (χ1v) is 6.55. The number of carbonyl (C=O) groups is 1. The normalized spacial score (nSPS) is 10.1. The number of hydrogen-bond donors (Lipinski definition) is 1. The number of pyridine rings is 1. The predicted octanol–water partition coefficient (Wildman–Crippen LogP) is 3.11. The first kappa shape index (κ1) is 14.1. The molecular weight excluding hydrogens is 252 g/mol. The number of aryl methyl sites for hydroxylation is 2. The topological polar surface area (TPSA) is 51.2 Å². The Hall–Kier alpha value is -2.36. The molecule has 4 heteroatoms. The van der Waals surface area contributed by atoms with E-state index >= 15 is 0 Å². The highest BCUT2D eigenvalue weighted by molar-refractivity contribution is 5.89. The second kappa shape index (κ2) is 6.70. The lowest BCUT2D eigenvalue weighted by molar-refractivity contribution is -0.116. The first-order chi connectivity index (χ1) is 9.63. The fourth-order valence-corrected chi connectivity index (χ4v) is 1.64. The van der Waals surface area contributed by atoms with Gasteiger partial charge in [0.1, 0.15) is 11.6 Å².